The fraction of sp³-hybridized carbons (Fsp3) is 0.699. The third kappa shape index (κ3) is 39.1. The van der Waals surface area contributed by atoms with Crippen molar-refractivity contribution in [3.05, 3.63) is 54.1 Å². The minimum Gasteiger partial charge on any atom is -0.481 e. The zero-order chi connectivity index (χ0) is 110. The van der Waals surface area contributed by atoms with E-state index in [2.05, 4.69) is 84.2 Å². The first-order valence-corrected chi connectivity index (χ1v) is 48.9. The van der Waals surface area contributed by atoms with Crippen LogP contribution in [0, 0.1) is 17.8 Å². The van der Waals surface area contributed by atoms with Crippen LogP contribution in [-0.4, -0.2) is 405 Å². The van der Waals surface area contributed by atoms with Gasteiger partial charge in [-0.3, -0.25) is 86.3 Å². The Labute approximate surface area is 852 Å². The lowest BCUT2D eigenvalue weighted by Crippen LogP contribution is -2.69. The molecule has 4 saturated heterocycles. The fourth-order valence-electron chi connectivity index (χ4n) is 16.6. The molecule has 0 aliphatic carbocycles. The van der Waals surface area contributed by atoms with Crippen LogP contribution in [0.25, 0.3) is 0 Å². The molecular weight excluding hydrogens is 1960 g/mol. The third-order valence-corrected chi connectivity index (χ3v) is 25.0. The number of primary amides is 1. The summed E-state index contributed by atoms with van der Waals surface area (Å²) in [5.41, 5.74) is 6.82. The Hall–Kier alpha value is -12.1. The van der Waals surface area contributed by atoms with Crippen LogP contribution >= 0.6 is 0 Å². The first-order valence-electron chi connectivity index (χ1n) is 48.9. The molecule has 55 nitrogen and oxygen atoms in total. The van der Waals surface area contributed by atoms with Crippen LogP contribution in [0.15, 0.2) is 48.0 Å². The number of ether oxygens (including phenoxy) is 6. The number of carbonyl (C=O) groups is 18. The summed E-state index contributed by atoms with van der Waals surface area (Å²) in [6.07, 6.45) is -23.8. The van der Waals surface area contributed by atoms with Crippen molar-refractivity contribution in [1.82, 2.24) is 84.0 Å². The number of hydrogen-bond donors (Lipinski definition) is 27. The number of nitrogens with zero attached hydrogens (tertiary/aromatic N) is 3. The van der Waals surface area contributed by atoms with Gasteiger partial charge in [-0.05, 0) is 110 Å². The van der Waals surface area contributed by atoms with Crippen LogP contribution in [0.4, 0.5) is 0 Å². The first-order chi connectivity index (χ1) is 69.9. The van der Waals surface area contributed by atoms with E-state index in [1.807, 2.05) is 6.92 Å². The van der Waals surface area contributed by atoms with Gasteiger partial charge in [-0.2, -0.15) is 0 Å². The number of ketones is 1. The maximum Gasteiger partial charge on any atom is 0.305 e. The van der Waals surface area contributed by atoms with Crippen LogP contribution in [0.1, 0.15) is 177 Å². The van der Waals surface area contributed by atoms with Gasteiger partial charge in [-0.25, -0.2) is 4.98 Å². The van der Waals surface area contributed by atoms with E-state index >= 15 is 0 Å². The zero-order valence-corrected chi connectivity index (χ0v) is 84.3. The minimum atomic E-state index is -2.15. The summed E-state index contributed by atoms with van der Waals surface area (Å²) >= 11 is 0. The maximum absolute atomic E-state index is 14.4. The van der Waals surface area contributed by atoms with Crippen molar-refractivity contribution in [1.29, 1.82) is 0 Å². The van der Waals surface area contributed by atoms with Gasteiger partial charge in [0.15, 0.2) is 24.7 Å². The number of aliphatic carboxylic acids is 2. The highest BCUT2D eigenvalue weighted by molar-refractivity contribution is 6.00. The number of nitrogens with one attached hydrogen (secondary N) is 14. The number of aliphatic hydroxyl groups excluding tert-OH is 10. The summed E-state index contributed by atoms with van der Waals surface area (Å²) in [5.74, 6) is -19.5. The van der Waals surface area contributed by atoms with Gasteiger partial charge in [0.25, 0.3) is 0 Å². The molecule has 20 unspecified atom stereocenters. The number of aromatic nitrogens is 2. The van der Waals surface area contributed by atoms with Crippen molar-refractivity contribution in [2.45, 2.75) is 344 Å². The molecule has 4 fully saturated rings. The predicted molar refractivity (Wildman–Crippen MR) is 511 cm³/mol. The van der Waals surface area contributed by atoms with Crippen molar-refractivity contribution >= 4 is 112 Å². The molecule has 4 aliphatic heterocycles. The Morgan fingerprint density at radius 2 is 1.16 bits per heavy atom. The molecule has 29 atom stereocenters. The number of amides is 15. The lowest BCUT2D eigenvalue weighted by Gasteiger charge is -2.48. The van der Waals surface area contributed by atoms with Crippen LogP contribution in [0.3, 0.4) is 0 Å². The standard InChI is InChI=1S/C93H146N18O37/c1-12-53(32-44(4)80(94)131)81(132)96-29-18-13-14-19-31-143-110-45(5)22-20-26-64(119)102-56(33-52-23-16-15-17-24-52)84(135)103-55(27-28-66(121)122)83(134)104-57(34-54-36-95-42-98-54)82(133)97-37-65(120)107-68(43(2)3)88(139)109-70(48(8)116)89(140)106-59(38-112)86(137)99-46(6)90(141)111-30-21-25-60(111)87(138)105-58(35-67(123)124)85(136)108-69(47(7)115)49(9)144-92-72(101-51(11)118)79(148-93-78(130)77(129)74(126)62(40-114)146-93)75(127)63(147-92)41-142-91-71(100-50(10)117)76(128)73(125)61(39-113)145-91/h15-17,23-24,36,42-44,46,48-49,53,55-63,68-79,91-93,112-114,116,125-130H,12-14,18-22,25-35,37-41H2,1-11H3,(H2,94,131)(H,95,98)(H,96,132)(H,97,133)(H,99,137)(H,100,117)(H,101,118)(H,102,119)(H,103,135)(H,104,134)(H,105,138)(H,106,140)(H,107,120)(H,108,136)(H,109,139)(H,121,122)(H,123,124)/b110-45-/t44?,46?,48?,49?,53?,55?,56?,57?,58?,59?,60?,61-,62-,63-,68?,69?,70?,71?,72?,73+,74-,75-,76?,77?,78?,79?,91+,92-,93-/m0/s1. The number of aromatic amines is 1. The summed E-state index contributed by atoms with van der Waals surface area (Å²) in [5, 5.41) is 163. The maximum atomic E-state index is 14.4. The average Bonchev–Trinajstić information content (AvgIpc) is 0.943. The molecule has 4 aliphatic rings. The summed E-state index contributed by atoms with van der Waals surface area (Å²) in [4.78, 5) is 256. The van der Waals surface area contributed by atoms with E-state index in [0.29, 0.717) is 50.1 Å². The van der Waals surface area contributed by atoms with Crippen molar-refractivity contribution in [2.24, 2.45) is 28.6 Å². The van der Waals surface area contributed by atoms with Crippen molar-refractivity contribution in [3.63, 3.8) is 0 Å². The number of benzene rings is 1. The van der Waals surface area contributed by atoms with Gasteiger partial charge in [-0.1, -0.05) is 69.6 Å². The van der Waals surface area contributed by atoms with Crippen LogP contribution in [0.5, 0.6) is 0 Å². The molecular formula is C93H146N18O37. The molecule has 5 heterocycles. The lowest BCUT2D eigenvalue weighted by atomic mass is 9.92. The summed E-state index contributed by atoms with van der Waals surface area (Å²) in [7, 11) is 0. The number of aliphatic hydroxyl groups is 10. The summed E-state index contributed by atoms with van der Waals surface area (Å²) in [6.45, 7) is 10.3. The molecule has 6 rings (SSSR count). The van der Waals surface area contributed by atoms with Crippen molar-refractivity contribution in [3.8, 4) is 0 Å². The number of carboxylic acids is 2. The zero-order valence-electron chi connectivity index (χ0n) is 84.3. The second-order valence-corrected chi connectivity index (χ2v) is 37.3. The van der Waals surface area contributed by atoms with Crippen LogP contribution in [0.2, 0.25) is 0 Å². The molecule has 0 spiro atoms. The second kappa shape index (κ2) is 61.8. The Balaban J connectivity index is 1.05. The van der Waals surface area contributed by atoms with Crippen LogP contribution in [-0.2, 0) is 132 Å². The number of likely N-dealkylation sites (tertiary alicyclic amines) is 1. The highest BCUT2D eigenvalue weighted by atomic mass is 16.7. The van der Waals surface area contributed by atoms with E-state index in [4.69, 9.17) is 39.0 Å². The smallest absolute Gasteiger partial charge is 0.305 e. The van der Waals surface area contributed by atoms with E-state index in [1.165, 1.54) is 26.4 Å². The van der Waals surface area contributed by atoms with Gasteiger partial charge in [0.1, 0.15) is 140 Å². The molecule has 148 heavy (non-hydrogen) atoms. The molecule has 830 valence electrons. The van der Waals surface area contributed by atoms with E-state index in [1.54, 1.807) is 44.2 Å². The first kappa shape index (κ1) is 125. The third-order valence-electron chi connectivity index (χ3n) is 25.0. The van der Waals surface area contributed by atoms with Crippen molar-refractivity contribution in [2.75, 3.05) is 52.7 Å². The average molecular weight is 2110 g/mol. The molecule has 0 saturated carbocycles. The summed E-state index contributed by atoms with van der Waals surface area (Å²) in [6, 6.07) is -12.0. The Morgan fingerprint density at radius 3 is 1.76 bits per heavy atom. The fourth-order valence-corrected chi connectivity index (χ4v) is 16.6. The van der Waals surface area contributed by atoms with Gasteiger partial charge >= 0.3 is 11.9 Å². The largest absolute Gasteiger partial charge is 0.481 e. The number of carbonyl (C=O) groups excluding carboxylic acids is 16. The molecule has 28 N–H and O–H groups in total. The number of Topliss-reactive ketones (excluding diaryl/α,β-unsaturated/α-hetero) is 1. The van der Waals surface area contributed by atoms with Crippen molar-refractivity contribution < 1.29 is 181 Å². The number of H-pyrrole nitrogens is 1. The Morgan fingerprint density at radius 1 is 0.568 bits per heavy atom. The van der Waals surface area contributed by atoms with E-state index in [0.717, 1.165) is 65.7 Å². The predicted octanol–water partition coefficient (Wildman–Crippen LogP) is -9.44. The molecule has 1 aromatic heterocycles. The summed E-state index contributed by atoms with van der Waals surface area (Å²) < 4.78 is 35.5. The lowest BCUT2D eigenvalue weighted by molar-refractivity contribution is -0.352. The number of rotatable bonds is 62. The monoisotopic (exact) mass is 2110 g/mol. The van der Waals surface area contributed by atoms with Gasteiger partial charge in [0.05, 0.1) is 63.6 Å². The van der Waals surface area contributed by atoms with E-state index < -0.39 is 329 Å². The topological polar surface area (TPSA) is 841 Å². The number of imidazole rings is 1. The number of nitrogens with two attached hydrogens (primary N) is 1. The van der Waals surface area contributed by atoms with Gasteiger partial charge < -0.3 is 179 Å². The SMILES string of the molecule is CCC(CC(C)C(N)=O)C(=O)NCCCCCCO/N=C(/C)CCCC(=O)NC(Cc1ccccc1)C(=O)NC(CCC(=O)O)C(=O)NC(Cc1cnc[nH]1)C(=O)NCC(=O)NC(C(=O)NC(C(=O)NC(CO)C(=O)NC(C)C(=O)N1CCCC1C(=O)NC(CC(=O)O)C(=O)NC(C(C)=O)C(C)O[C@H]1O[C@@H](CO[C@@H]2O[C@@H](CO)[C@@H](O)C(O)C2NC(C)=O)[C@H](O)C(O[C@@H]2O[C@@H](CO)[C@H](O)C(O)C2O)C1NC(C)=O)C(C)O)C(C)C. The van der Waals surface area contributed by atoms with E-state index in [9.17, 15) is 148 Å². The Kier molecular flexibility index (Phi) is 52.0. The van der Waals surface area contributed by atoms with Gasteiger partial charge in [0, 0.05) is 76.3 Å². The quantitative estimate of drug-likeness (QED) is 0.0166. The number of unbranched alkanes of at least 4 members (excludes halogenated alkanes) is 3. The molecule has 0 bridgehead atoms. The number of hydrogen-bond acceptors (Lipinski definition) is 37. The minimum absolute atomic E-state index is 0.0831. The second-order valence-electron chi connectivity index (χ2n) is 37.3. The number of carboxylic acid groups (broad SMARTS) is 2. The van der Waals surface area contributed by atoms with Gasteiger partial charge in [-0.15, -0.1) is 0 Å². The molecule has 15 amide bonds. The molecule has 1 aromatic carbocycles. The normalized spacial score (nSPS) is 24.5. The molecule has 55 heteroatoms. The molecule has 2 aromatic rings. The van der Waals surface area contributed by atoms with Crippen LogP contribution < -0.4 is 74.9 Å². The number of oxime groups is 1. The molecule has 0 radical (unpaired) electrons. The van der Waals surface area contributed by atoms with E-state index in [-0.39, 0.29) is 62.6 Å². The highest BCUT2D eigenvalue weighted by Crippen LogP contribution is 2.33. The van der Waals surface area contributed by atoms with Gasteiger partial charge in [0.2, 0.25) is 88.6 Å². The highest BCUT2D eigenvalue weighted by Gasteiger charge is 2.55. The Bertz CT molecular complexity index is 4760.